The number of aryl methyl sites for hydroxylation is 2. The Balaban J connectivity index is 1.60. The van der Waals surface area contributed by atoms with Crippen LogP contribution in [0.2, 0.25) is 0 Å². The van der Waals surface area contributed by atoms with Crippen LogP contribution in [0, 0.1) is 0 Å². The number of rotatable bonds is 7. The molecule has 2 heteroatoms. The van der Waals surface area contributed by atoms with Gasteiger partial charge in [0.25, 0.3) is 0 Å². The highest BCUT2D eigenvalue weighted by atomic mass is 16.4. The molecule has 0 heterocycles. The first-order valence-corrected chi connectivity index (χ1v) is 10.4. The zero-order chi connectivity index (χ0) is 21.5. The summed E-state index contributed by atoms with van der Waals surface area (Å²) in [6.45, 7) is 0. The molecular formula is C29H24O2. The number of benzene rings is 4. The second kappa shape index (κ2) is 9.73. The molecule has 152 valence electrons. The third kappa shape index (κ3) is 5.37. The summed E-state index contributed by atoms with van der Waals surface area (Å²) in [5, 5.41) is 8.83. The molecule has 4 aromatic rings. The van der Waals surface area contributed by atoms with Gasteiger partial charge in [-0.25, -0.2) is 4.79 Å². The second-order valence-electron chi connectivity index (χ2n) is 7.53. The van der Waals surface area contributed by atoms with Crippen LogP contribution in [0.15, 0.2) is 109 Å². The topological polar surface area (TPSA) is 37.3 Å². The predicted octanol–water partition coefficient (Wildman–Crippen LogP) is 6.90. The van der Waals surface area contributed by atoms with Crippen LogP contribution in [0.4, 0.5) is 0 Å². The van der Waals surface area contributed by atoms with Crippen LogP contribution in [0.25, 0.3) is 28.3 Å². The Kier molecular flexibility index (Phi) is 6.39. The summed E-state index contributed by atoms with van der Waals surface area (Å²) in [5.41, 5.74) is 8.28. The van der Waals surface area contributed by atoms with Crippen molar-refractivity contribution in [2.45, 2.75) is 12.8 Å². The number of carbonyl (C=O) groups is 1. The van der Waals surface area contributed by atoms with E-state index in [9.17, 15) is 4.79 Å². The van der Waals surface area contributed by atoms with E-state index >= 15 is 0 Å². The van der Waals surface area contributed by atoms with Crippen molar-refractivity contribution >= 4 is 12.0 Å². The van der Waals surface area contributed by atoms with Gasteiger partial charge in [0.1, 0.15) is 0 Å². The summed E-state index contributed by atoms with van der Waals surface area (Å²) < 4.78 is 0. The minimum absolute atomic E-state index is 0.896. The summed E-state index contributed by atoms with van der Waals surface area (Å²) in [6.07, 6.45) is 4.62. The Labute approximate surface area is 183 Å². The van der Waals surface area contributed by atoms with Crippen molar-refractivity contribution in [1.82, 2.24) is 0 Å². The lowest BCUT2D eigenvalue weighted by atomic mass is 9.91. The van der Waals surface area contributed by atoms with E-state index in [1.807, 2.05) is 24.3 Å². The van der Waals surface area contributed by atoms with E-state index < -0.39 is 5.97 Å². The molecule has 0 amide bonds. The van der Waals surface area contributed by atoms with Gasteiger partial charge in [-0.2, -0.15) is 0 Å². The minimum Gasteiger partial charge on any atom is -0.478 e. The number of aliphatic carboxylic acids is 1. The van der Waals surface area contributed by atoms with Crippen LogP contribution in [-0.2, 0) is 17.6 Å². The van der Waals surface area contributed by atoms with Gasteiger partial charge in [0, 0.05) is 6.08 Å². The highest BCUT2D eigenvalue weighted by Crippen LogP contribution is 2.33. The Morgan fingerprint density at radius 1 is 0.645 bits per heavy atom. The molecular weight excluding hydrogens is 380 g/mol. The molecule has 0 radical (unpaired) electrons. The standard InChI is InChI=1S/C29H24O2/c30-29(31)19-17-23-9-7-8-22(20-23)14-15-24-16-18-27(25-10-3-1-4-11-25)28(21-24)26-12-5-2-6-13-26/h1-13,16-21H,14-15H2,(H,30,31)/b19-17+. The van der Waals surface area contributed by atoms with E-state index in [1.165, 1.54) is 39.5 Å². The van der Waals surface area contributed by atoms with Crippen LogP contribution in [0.1, 0.15) is 16.7 Å². The molecule has 31 heavy (non-hydrogen) atoms. The van der Waals surface area contributed by atoms with Crippen LogP contribution in [0.3, 0.4) is 0 Å². The average Bonchev–Trinajstić information content (AvgIpc) is 2.83. The number of carboxylic acid groups (broad SMARTS) is 1. The highest BCUT2D eigenvalue weighted by molar-refractivity contribution is 5.85. The van der Waals surface area contributed by atoms with Gasteiger partial charge in [-0.1, -0.05) is 103 Å². The maximum atomic E-state index is 10.8. The van der Waals surface area contributed by atoms with Crippen molar-refractivity contribution in [2.24, 2.45) is 0 Å². The molecule has 0 aliphatic carbocycles. The Bertz CT molecular complexity index is 1190. The Morgan fingerprint density at radius 2 is 1.26 bits per heavy atom. The van der Waals surface area contributed by atoms with E-state index in [-0.39, 0.29) is 0 Å². The lowest BCUT2D eigenvalue weighted by Crippen LogP contribution is -1.94. The predicted molar refractivity (Wildman–Crippen MR) is 128 cm³/mol. The normalized spacial score (nSPS) is 11.0. The lowest BCUT2D eigenvalue weighted by Gasteiger charge is -2.13. The fourth-order valence-corrected chi connectivity index (χ4v) is 3.78. The molecule has 0 aliphatic rings. The van der Waals surface area contributed by atoms with Gasteiger partial charge in [-0.15, -0.1) is 0 Å². The quantitative estimate of drug-likeness (QED) is 0.340. The highest BCUT2D eigenvalue weighted by Gasteiger charge is 2.09. The van der Waals surface area contributed by atoms with Crippen molar-refractivity contribution in [1.29, 1.82) is 0 Å². The number of hydrogen-bond acceptors (Lipinski definition) is 1. The molecule has 0 bridgehead atoms. The largest absolute Gasteiger partial charge is 0.478 e. The zero-order valence-electron chi connectivity index (χ0n) is 17.2. The molecule has 0 saturated carbocycles. The van der Waals surface area contributed by atoms with E-state index in [0.717, 1.165) is 18.4 Å². The molecule has 0 atom stereocenters. The molecule has 4 rings (SSSR count). The smallest absolute Gasteiger partial charge is 0.328 e. The molecule has 1 N–H and O–H groups in total. The summed E-state index contributed by atoms with van der Waals surface area (Å²) >= 11 is 0. The Morgan fingerprint density at radius 3 is 1.90 bits per heavy atom. The van der Waals surface area contributed by atoms with Crippen molar-refractivity contribution < 1.29 is 9.90 Å². The third-order valence-corrected chi connectivity index (χ3v) is 5.33. The van der Waals surface area contributed by atoms with E-state index in [4.69, 9.17) is 5.11 Å². The van der Waals surface area contributed by atoms with Gasteiger partial charge in [-0.05, 0) is 57.9 Å². The van der Waals surface area contributed by atoms with Crippen LogP contribution < -0.4 is 0 Å². The first kappa shape index (κ1) is 20.4. The number of carboxylic acids is 1. The second-order valence-corrected chi connectivity index (χ2v) is 7.53. The third-order valence-electron chi connectivity index (χ3n) is 5.33. The van der Waals surface area contributed by atoms with E-state index in [0.29, 0.717) is 0 Å². The van der Waals surface area contributed by atoms with Crippen molar-refractivity contribution in [2.75, 3.05) is 0 Å². The molecule has 0 unspecified atom stereocenters. The maximum absolute atomic E-state index is 10.8. The lowest BCUT2D eigenvalue weighted by molar-refractivity contribution is -0.131. The fraction of sp³-hybridized carbons (Fsp3) is 0.0690. The van der Waals surface area contributed by atoms with Gasteiger partial charge >= 0.3 is 5.97 Å². The first-order chi connectivity index (χ1) is 15.2. The van der Waals surface area contributed by atoms with Gasteiger partial charge in [0.2, 0.25) is 0 Å². The fourth-order valence-electron chi connectivity index (χ4n) is 3.78. The van der Waals surface area contributed by atoms with Gasteiger partial charge in [-0.3, -0.25) is 0 Å². The van der Waals surface area contributed by atoms with Gasteiger partial charge in [0.15, 0.2) is 0 Å². The SMILES string of the molecule is O=C(O)/C=C/c1cccc(CCc2ccc(-c3ccccc3)c(-c3ccccc3)c2)c1. The van der Waals surface area contributed by atoms with Crippen LogP contribution in [0.5, 0.6) is 0 Å². The summed E-state index contributed by atoms with van der Waals surface area (Å²) in [5.74, 6) is -0.933. The van der Waals surface area contributed by atoms with Crippen molar-refractivity contribution in [3.8, 4) is 22.3 Å². The molecule has 0 aromatic heterocycles. The zero-order valence-corrected chi connectivity index (χ0v) is 17.2. The summed E-state index contributed by atoms with van der Waals surface area (Å²) in [4.78, 5) is 10.8. The Hall–Kier alpha value is -3.91. The monoisotopic (exact) mass is 404 g/mol. The van der Waals surface area contributed by atoms with Gasteiger partial charge in [0.05, 0.1) is 0 Å². The van der Waals surface area contributed by atoms with Crippen molar-refractivity contribution in [3.63, 3.8) is 0 Å². The molecule has 4 aromatic carbocycles. The van der Waals surface area contributed by atoms with Crippen LogP contribution >= 0.6 is 0 Å². The van der Waals surface area contributed by atoms with Gasteiger partial charge < -0.3 is 5.11 Å². The molecule has 0 fully saturated rings. The number of hydrogen-bond donors (Lipinski definition) is 1. The molecule has 0 saturated heterocycles. The molecule has 2 nitrogen and oxygen atoms in total. The maximum Gasteiger partial charge on any atom is 0.328 e. The van der Waals surface area contributed by atoms with Crippen molar-refractivity contribution in [3.05, 3.63) is 126 Å². The summed E-state index contributed by atoms with van der Waals surface area (Å²) in [7, 11) is 0. The van der Waals surface area contributed by atoms with E-state index in [2.05, 4.69) is 78.9 Å². The van der Waals surface area contributed by atoms with E-state index in [1.54, 1.807) is 6.08 Å². The average molecular weight is 405 g/mol. The first-order valence-electron chi connectivity index (χ1n) is 10.4. The minimum atomic E-state index is -0.933. The summed E-state index contributed by atoms with van der Waals surface area (Å²) in [6, 6.07) is 35.8. The van der Waals surface area contributed by atoms with Crippen LogP contribution in [-0.4, -0.2) is 11.1 Å². The molecule has 0 spiro atoms. The molecule has 0 aliphatic heterocycles.